The van der Waals surface area contributed by atoms with Gasteiger partial charge in [0.2, 0.25) is 6.10 Å². The molecule has 168 valence electrons. The Bertz CT molecular complexity index is 880. The maximum atomic E-state index is 13.5. The van der Waals surface area contributed by atoms with Gasteiger partial charge in [0.25, 0.3) is 0 Å². The standard InChI is InChI=1S/C21H22ClF3N2O4/c1-29-17-4-2-3-14(11-17)18-12-27(9-10-30-18)13-19(21(23,24)25)31-20(28)26-16-7-5-15(22)6-8-16/h2-8,11,18-19H,9-10,12-13H2,1H3,(H,26,28)/t18-,19-/m0/s1. The van der Waals surface area contributed by atoms with Crippen LogP contribution in [0.3, 0.4) is 0 Å². The first-order valence-corrected chi connectivity index (χ1v) is 9.90. The summed E-state index contributed by atoms with van der Waals surface area (Å²) < 4.78 is 56.3. The first-order chi connectivity index (χ1) is 14.7. The first-order valence-electron chi connectivity index (χ1n) is 9.52. The predicted octanol–water partition coefficient (Wildman–Crippen LogP) is 4.90. The van der Waals surface area contributed by atoms with Crippen LogP contribution in [0.1, 0.15) is 11.7 Å². The number of benzene rings is 2. The summed E-state index contributed by atoms with van der Waals surface area (Å²) in [5.41, 5.74) is 1.08. The highest BCUT2D eigenvalue weighted by Crippen LogP contribution is 2.29. The van der Waals surface area contributed by atoms with Gasteiger partial charge in [0.15, 0.2) is 0 Å². The molecule has 0 unspecified atom stereocenters. The van der Waals surface area contributed by atoms with Crippen molar-refractivity contribution >= 4 is 23.4 Å². The van der Waals surface area contributed by atoms with Crippen LogP contribution in [0.5, 0.6) is 5.75 Å². The lowest BCUT2D eigenvalue weighted by atomic mass is 10.1. The molecule has 0 saturated carbocycles. The van der Waals surface area contributed by atoms with E-state index in [1.165, 1.54) is 31.4 Å². The number of hydrogen-bond acceptors (Lipinski definition) is 5. The third-order valence-electron chi connectivity index (χ3n) is 4.75. The van der Waals surface area contributed by atoms with Crippen LogP contribution in [0.4, 0.5) is 23.7 Å². The lowest BCUT2D eigenvalue weighted by molar-refractivity contribution is -0.209. The number of carbonyl (C=O) groups excluding carboxylic acids is 1. The third kappa shape index (κ3) is 6.75. The van der Waals surface area contributed by atoms with Gasteiger partial charge < -0.3 is 14.2 Å². The smallest absolute Gasteiger partial charge is 0.426 e. The number of hydrogen-bond donors (Lipinski definition) is 1. The molecule has 1 aliphatic rings. The highest BCUT2D eigenvalue weighted by Gasteiger charge is 2.44. The summed E-state index contributed by atoms with van der Waals surface area (Å²) in [4.78, 5) is 13.6. The highest BCUT2D eigenvalue weighted by atomic mass is 35.5. The van der Waals surface area contributed by atoms with Crippen molar-refractivity contribution in [3.05, 3.63) is 59.1 Å². The lowest BCUT2D eigenvalue weighted by Gasteiger charge is -2.35. The van der Waals surface area contributed by atoms with E-state index in [0.29, 0.717) is 10.8 Å². The summed E-state index contributed by atoms with van der Waals surface area (Å²) in [6.45, 7) is 0.266. The van der Waals surface area contributed by atoms with Crippen LogP contribution in [0.2, 0.25) is 5.02 Å². The Morgan fingerprint density at radius 3 is 2.71 bits per heavy atom. The highest BCUT2D eigenvalue weighted by molar-refractivity contribution is 6.30. The van der Waals surface area contributed by atoms with Crippen LogP contribution in [0.15, 0.2) is 48.5 Å². The minimum Gasteiger partial charge on any atom is -0.497 e. The topological polar surface area (TPSA) is 60.0 Å². The van der Waals surface area contributed by atoms with Gasteiger partial charge in [-0.15, -0.1) is 0 Å². The molecule has 1 heterocycles. The molecule has 0 aliphatic carbocycles. The molecular formula is C21H22ClF3N2O4. The Balaban J connectivity index is 1.63. The minimum atomic E-state index is -4.72. The van der Waals surface area contributed by atoms with E-state index in [0.717, 1.165) is 5.56 Å². The summed E-state index contributed by atoms with van der Waals surface area (Å²) in [7, 11) is 1.54. The molecule has 1 fully saturated rings. The Morgan fingerprint density at radius 2 is 2.03 bits per heavy atom. The quantitative estimate of drug-likeness (QED) is 0.667. The Morgan fingerprint density at radius 1 is 1.29 bits per heavy atom. The van der Waals surface area contributed by atoms with Crippen LogP contribution in [-0.2, 0) is 9.47 Å². The van der Waals surface area contributed by atoms with E-state index >= 15 is 0 Å². The van der Waals surface area contributed by atoms with Crippen LogP contribution in [0.25, 0.3) is 0 Å². The van der Waals surface area contributed by atoms with Gasteiger partial charge in [-0.1, -0.05) is 23.7 Å². The number of halogens is 4. The molecule has 3 rings (SSSR count). The summed E-state index contributed by atoms with van der Waals surface area (Å²) in [6, 6.07) is 13.1. The van der Waals surface area contributed by atoms with Gasteiger partial charge in [-0.3, -0.25) is 10.2 Å². The van der Waals surface area contributed by atoms with E-state index in [4.69, 9.17) is 25.8 Å². The van der Waals surface area contributed by atoms with Gasteiger partial charge >= 0.3 is 12.3 Å². The Kier molecular flexibility index (Phi) is 7.64. The Labute approximate surface area is 182 Å². The molecule has 2 aromatic rings. The van der Waals surface area contributed by atoms with Crippen LogP contribution < -0.4 is 10.1 Å². The molecule has 6 nitrogen and oxygen atoms in total. The van der Waals surface area contributed by atoms with E-state index in [2.05, 4.69) is 5.32 Å². The first kappa shape index (κ1) is 23.2. The average Bonchev–Trinajstić information content (AvgIpc) is 2.74. The molecule has 1 saturated heterocycles. The van der Waals surface area contributed by atoms with Gasteiger partial charge in [0.05, 0.1) is 19.8 Å². The molecule has 2 atom stereocenters. The van der Waals surface area contributed by atoms with Crippen molar-refractivity contribution in [1.82, 2.24) is 4.90 Å². The number of rotatable bonds is 6. The van der Waals surface area contributed by atoms with Crippen molar-refractivity contribution in [2.75, 3.05) is 38.7 Å². The van der Waals surface area contributed by atoms with Crippen molar-refractivity contribution in [2.45, 2.75) is 18.4 Å². The van der Waals surface area contributed by atoms with E-state index < -0.39 is 31.0 Å². The zero-order chi connectivity index (χ0) is 22.4. The van der Waals surface area contributed by atoms with Gasteiger partial charge in [-0.25, -0.2) is 4.79 Å². The maximum absolute atomic E-state index is 13.5. The Hall–Kier alpha value is -2.49. The summed E-state index contributed by atoms with van der Waals surface area (Å²) in [6.07, 6.45) is -8.62. The number of nitrogens with zero attached hydrogens (tertiary/aromatic N) is 1. The largest absolute Gasteiger partial charge is 0.497 e. The fourth-order valence-corrected chi connectivity index (χ4v) is 3.29. The average molecular weight is 459 g/mol. The molecule has 1 aliphatic heterocycles. The fraction of sp³-hybridized carbons (Fsp3) is 0.381. The number of anilines is 1. The fourth-order valence-electron chi connectivity index (χ4n) is 3.16. The van der Waals surface area contributed by atoms with Gasteiger partial charge in [-0.2, -0.15) is 13.2 Å². The molecule has 2 aromatic carbocycles. The summed E-state index contributed by atoms with van der Waals surface area (Å²) >= 11 is 5.76. The lowest BCUT2D eigenvalue weighted by Crippen LogP contribution is -2.48. The van der Waals surface area contributed by atoms with Crippen LogP contribution in [-0.4, -0.2) is 56.6 Å². The molecule has 0 aromatic heterocycles. The zero-order valence-electron chi connectivity index (χ0n) is 16.7. The van der Waals surface area contributed by atoms with Gasteiger partial charge in [0.1, 0.15) is 5.75 Å². The van der Waals surface area contributed by atoms with E-state index in [-0.39, 0.29) is 25.4 Å². The summed E-state index contributed by atoms with van der Waals surface area (Å²) in [5, 5.41) is 2.71. The van der Waals surface area contributed by atoms with Gasteiger partial charge in [0, 0.05) is 30.3 Å². The third-order valence-corrected chi connectivity index (χ3v) is 5.00. The number of morpholine rings is 1. The minimum absolute atomic E-state index is 0.224. The number of methoxy groups -OCH3 is 1. The van der Waals surface area contributed by atoms with Crippen molar-refractivity contribution in [1.29, 1.82) is 0 Å². The number of alkyl halides is 3. The van der Waals surface area contributed by atoms with Crippen molar-refractivity contribution in [3.8, 4) is 5.75 Å². The number of carbonyl (C=O) groups is 1. The number of nitrogens with one attached hydrogen (secondary N) is 1. The molecule has 1 amide bonds. The molecule has 0 bridgehead atoms. The van der Waals surface area contributed by atoms with E-state index in [1.807, 2.05) is 6.07 Å². The monoisotopic (exact) mass is 458 g/mol. The molecule has 1 N–H and O–H groups in total. The van der Waals surface area contributed by atoms with Crippen molar-refractivity contribution in [3.63, 3.8) is 0 Å². The second kappa shape index (κ2) is 10.2. The number of amides is 1. The second-order valence-corrected chi connectivity index (χ2v) is 7.40. The molecule has 10 heteroatoms. The maximum Gasteiger partial charge on any atom is 0.426 e. The van der Waals surface area contributed by atoms with E-state index in [9.17, 15) is 18.0 Å². The van der Waals surface area contributed by atoms with Crippen LogP contribution >= 0.6 is 11.6 Å². The van der Waals surface area contributed by atoms with Gasteiger partial charge in [-0.05, 0) is 42.0 Å². The normalized spacial score (nSPS) is 18.3. The second-order valence-electron chi connectivity index (χ2n) is 6.96. The molecule has 0 radical (unpaired) electrons. The molecule has 31 heavy (non-hydrogen) atoms. The SMILES string of the molecule is COc1cccc([C@@H]2CN(C[C@H](OC(=O)Nc3ccc(Cl)cc3)C(F)(F)F)CCO2)c1. The van der Waals surface area contributed by atoms with Crippen molar-refractivity contribution in [2.24, 2.45) is 0 Å². The molecule has 0 spiro atoms. The predicted molar refractivity (Wildman–Crippen MR) is 110 cm³/mol. The summed E-state index contributed by atoms with van der Waals surface area (Å²) in [5.74, 6) is 0.633. The number of ether oxygens (including phenoxy) is 3. The molecular weight excluding hydrogens is 437 g/mol. The zero-order valence-corrected chi connectivity index (χ0v) is 17.4. The van der Waals surface area contributed by atoms with E-state index in [1.54, 1.807) is 23.1 Å². The van der Waals surface area contributed by atoms with Crippen molar-refractivity contribution < 1.29 is 32.2 Å². The van der Waals surface area contributed by atoms with Crippen LogP contribution in [0, 0.1) is 0 Å².